The highest BCUT2D eigenvalue weighted by molar-refractivity contribution is 5.96. The number of hydrogen-bond acceptors (Lipinski definition) is 5. The molecule has 0 N–H and O–H groups in total. The van der Waals surface area contributed by atoms with Gasteiger partial charge in [0.2, 0.25) is 5.91 Å². The van der Waals surface area contributed by atoms with Gasteiger partial charge in [-0.3, -0.25) is 9.59 Å². The van der Waals surface area contributed by atoms with Crippen molar-refractivity contribution in [2.24, 2.45) is 0 Å². The maximum atomic E-state index is 12.9. The number of ether oxygens (including phenoxy) is 3. The third kappa shape index (κ3) is 4.58. The largest absolute Gasteiger partial charge is 0.495 e. The summed E-state index contributed by atoms with van der Waals surface area (Å²) in [6.45, 7) is 4.67. The number of Topliss-reactive ketones (excluding diaryl/α,β-unsaturated/α-hetero) is 1. The third-order valence-electron chi connectivity index (χ3n) is 5.44. The fourth-order valence-corrected chi connectivity index (χ4v) is 3.81. The van der Waals surface area contributed by atoms with Crippen LogP contribution in [0.3, 0.4) is 0 Å². The van der Waals surface area contributed by atoms with E-state index in [0.717, 1.165) is 24.3 Å². The van der Waals surface area contributed by atoms with Gasteiger partial charge in [-0.2, -0.15) is 0 Å². The Morgan fingerprint density at radius 2 is 1.77 bits per heavy atom. The van der Waals surface area contributed by atoms with Crippen molar-refractivity contribution in [2.75, 3.05) is 32.3 Å². The molecule has 0 aliphatic carbocycles. The van der Waals surface area contributed by atoms with Gasteiger partial charge in [-0.05, 0) is 68.5 Å². The van der Waals surface area contributed by atoms with Crippen molar-refractivity contribution in [3.05, 3.63) is 47.0 Å². The lowest BCUT2D eigenvalue weighted by Crippen LogP contribution is -2.36. The van der Waals surface area contributed by atoms with E-state index in [4.69, 9.17) is 14.2 Å². The van der Waals surface area contributed by atoms with Gasteiger partial charge in [-0.1, -0.05) is 6.07 Å². The summed E-state index contributed by atoms with van der Waals surface area (Å²) in [6.07, 6.45) is 2.87. The number of aryl methyl sites for hydroxylation is 1. The molecule has 1 aliphatic rings. The van der Waals surface area contributed by atoms with Gasteiger partial charge in [-0.15, -0.1) is 0 Å². The van der Waals surface area contributed by atoms with E-state index in [-0.39, 0.29) is 11.7 Å². The fourth-order valence-electron chi connectivity index (χ4n) is 3.81. The SMILES string of the molecule is COc1cc(C(C)=O)ccc1OCCCC(=O)N1CCCc2c(C)ccc(OC)c21. The molecule has 30 heavy (non-hydrogen) atoms. The molecule has 1 amide bonds. The first-order valence-electron chi connectivity index (χ1n) is 10.2. The highest BCUT2D eigenvalue weighted by Crippen LogP contribution is 2.38. The molecule has 160 valence electrons. The second-order valence-corrected chi connectivity index (χ2v) is 7.43. The first-order valence-corrected chi connectivity index (χ1v) is 10.2. The molecule has 0 saturated heterocycles. The highest BCUT2D eigenvalue weighted by atomic mass is 16.5. The number of carbonyl (C=O) groups excluding carboxylic acids is 2. The minimum Gasteiger partial charge on any atom is -0.495 e. The summed E-state index contributed by atoms with van der Waals surface area (Å²) in [4.78, 5) is 26.3. The Balaban J connectivity index is 1.62. The van der Waals surface area contributed by atoms with Crippen LogP contribution in [0, 0.1) is 6.92 Å². The van der Waals surface area contributed by atoms with Gasteiger partial charge in [0.15, 0.2) is 17.3 Å². The smallest absolute Gasteiger partial charge is 0.227 e. The minimum absolute atomic E-state index is 0.0297. The predicted octanol–water partition coefficient (Wildman–Crippen LogP) is 4.35. The van der Waals surface area contributed by atoms with Crippen LogP contribution in [-0.2, 0) is 11.2 Å². The fraction of sp³-hybridized carbons (Fsp3) is 0.417. The highest BCUT2D eigenvalue weighted by Gasteiger charge is 2.26. The number of nitrogens with zero attached hydrogens (tertiary/aromatic N) is 1. The second-order valence-electron chi connectivity index (χ2n) is 7.43. The summed E-state index contributed by atoms with van der Waals surface area (Å²) < 4.78 is 16.6. The number of hydrogen-bond donors (Lipinski definition) is 0. The van der Waals surface area contributed by atoms with Crippen molar-refractivity contribution < 1.29 is 23.8 Å². The molecule has 0 spiro atoms. The number of amides is 1. The Kier molecular flexibility index (Phi) is 6.98. The molecule has 0 aromatic heterocycles. The molecule has 1 aliphatic heterocycles. The molecule has 0 bridgehead atoms. The van der Waals surface area contributed by atoms with Crippen molar-refractivity contribution >= 4 is 17.4 Å². The summed E-state index contributed by atoms with van der Waals surface area (Å²) in [7, 11) is 3.18. The van der Waals surface area contributed by atoms with Gasteiger partial charge in [0, 0.05) is 18.5 Å². The summed E-state index contributed by atoms with van der Waals surface area (Å²) in [5.41, 5.74) is 3.87. The molecule has 2 aromatic carbocycles. The van der Waals surface area contributed by atoms with Crippen LogP contribution in [0.15, 0.2) is 30.3 Å². The lowest BCUT2D eigenvalue weighted by molar-refractivity contribution is -0.118. The van der Waals surface area contributed by atoms with Gasteiger partial charge >= 0.3 is 0 Å². The summed E-state index contributed by atoms with van der Waals surface area (Å²) >= 11 is 0. The van der Waals surface area contributed by atoms with Gasteiger partial charge in [0.1, 0.15) is 5.75 Å². The van der Waals surface area contributed by atoms with Crippen molar-refractivity contribution in [3.63, 3.8) is 0 Å². The van der Waals surface area contributed by atoms with Crippen LogP contribution in [0.4, 0.5) is 5.69 Å². The lowest BCUT2D eigenvalue weighted by Gasteiger charge is -2.32. The molecule has 2 aromatic rings. The topological polar surface area (TPSA) is 65.1 Å². The zero-order chi connectivity index (χ0) is 21.7. The van der Waals surface area contributed by atoms with Gasteiger partial charge in [0.25, 0.3) is 0 Å². The predicted molar refractivity (Wildman–Crippen MR) is 116 cm³/mol. The van der Waals surface area contributed by atoms with E-state index in [0.29, 0.717) is 43.1 Å². The quantitative estimate of drug-likeness (QED) is 0.477. The van der Waals surface area contributed by atoms with Crippen LogP contribution in [0.1, 0.15) is 47.7 Å². The molecule has 0 radical (unpaired) electrons. The maximum absolute atomic E-state index is 12.9. The van der Waals surface area contributed by atoms with Crippen molar-refractivity contribution in [1.82, 2.24) is 0 Å². The molecule has 6 heteroatoms. The van der Waals surface area contributed by atoms with Crippen molar-refractivity contribution in [3.8, 4) is 17.2 Å². The molecule has 0 unspecified atom stereocenters. The molecule has 0 fully saturated rings. The van der Waals surface area contributed by atoms with Crippen LogP contribution in [0.2, 0.25) is 0 Å². The van der Waals surface area contributed by atoms with Crippen LogP contribution < -0.4 is 19.1 Å². The minimum atomic E-state index is -0.0297. The zero-order valence-corrected chi connectivity index (χ0v) is 18.1. The number of anilines is 1. The first kappa shape index (κ1) is 21.7. The molecule has 6 nitrogen and oxygen atoms in total. The van der Waals surface area contributed by atoms with Gasteiger partial charge in [0.05, 0.1) is 26.5 Å². The third-order valence-corrected chi connectivity index (χ3v) is 5.44. The molecular formula is C24H29NO5. The number of methoxy groups -OCH3 is 2. The van der Waals surface area contributed by atoms with E-state index in [9.17, 15) is 9.59 Å². The number of benzene rings is 2. The molecular weight excluding hydrogens is 382 g/mol. The molecule has 0 atom stereocenters. The van der Waals surface area contributed by atoms with Gasteiger partial charge in [-0.25, -0.2) is 0 Å². The summed E-state index contributed by atoms with van der Waals surface area (Å²) in [5.74, 6) is 1.87. The normalized spacial score (nSPS) is 12.9. The number of carbonyl (C=O) groups is 2. The van der Waals surface area contributed by atoms with E-state index in [2.05, 4.69) is 6.92 Å². The van der Waals surface area contributed by atoms with E-state index < -0.39 is 0 Å². The number of fused-ring (bicyclic) bond motifs is 1. The average molecular weight is 411 g/mol. The monoisotopic (exact) mass is 411 g/mol. The Hall–Kier alpha value is -3.02. The molecule has 3 rings (SSSR count). The van der Waals surface area contributed by atoms with Crippen LogP contribution in [-0.4, -0.2) is 39.1 Å². The maximum Gasteiger partial charge on any atom is 0.227 e. The molecule has 0 saturated carbocycles. The second kappa shape index (κ2) is 9.65. The zero-order valence-electron chi connectivity index (χ0n) is 18.1. The summed E-state index contributed by atoms with van der Waals surface area (Å²) in [5, 5.41) is 0. The standard InChI is InChI=1S/C24H29NO5/c1-16-9-11-21(28-3)24-19(16)7-5-13-25(24)23(27)8-6-14-30-20-12-10-18(17(2)26)15-22(20)29-4/h9-12,15H,5-8,13-14H2,1-4H3. The first-order chi connectivity index (χ1) is 14.5. The van der Waals surface area contributed by atoms with E-state index in [1.165, 1.54) is 18.1 Å². The Morgan fingerprint density at radius 1 is 1.03 bits per heavy atom. The Bertz CT molecular complexity index is 937. The van der Waals surface area contributed by atoms with E-state index in [1.54, 1.807) is 32.4 Å². The van der Waals surface area contributed by atoms with Crippen LogP contribution >= 0.6 is 0 Å². The Morgan fingerprint density at radius 3 is 2.47 bits per heavy atom. The molecule has 1 heterocycles. The van der Waals surface area contributed by atoms with E-state index in [1.807, 2.05) is 17.0 Å². The van der Waals surface area contributed by atoms with Gasteiger partial charge < -0.3 is 19.1 Å². The summed E-state index contributed by atoms with van der Waals surface area (Å²) in [6, 6.07) is 9.09. The average Bonchev–Trinajstić information content (AvgIpc) is 2.76. The number of rotatable bonds is 8. The van der Waals surface area contributed by atoms with E-state index >= 15 is 0 Å². The Labute approximate surface area is 177 Å². The van der Waals surface area contributed by atoms with Crippen molar-refractivity contribution in [2.45, 2.75) is 39.5 Å². The van der Waals surface area contributed by atoms with Crippen LogP contribution in [0.25, 0.3) is 0 Å². The van der Waals surface area contributed by atoms with Crippen LogP contribution in [0.5, 0.6) is 17.2 Å². The van der Waals surface area contributed by atoms with Crippen molar-refractivity contribution in [1.29, 1.82) is 0 Å². The lowest BCUT2D eigenvalue weighted by atomic mass is 9.96. The number of ketones is 1.